The molecule has 1 radical (unpaired) electrons. The Balaban J connectivity index is 0.000000279. The number of benzene rings is 6. The molecule has 0 atom stereocenters. The quantitative estimate of drug-likeness (QED) is 0.149. The summed E-state index contributed by atoms with van der Waals surface area (Å²) in [4.78, 5) is 9.06. The van der Waals surface area contributed by atoms with Crippen molar-refractivity contribution in [1.29, 1.82) is 0 Å². The monoisotopic (exact) mass is 888 g/mol. The molecule has 0 unspecified atom stereocenters. The molecule has 0 aliphatic heterocycles. The van der Waals surface area contributed by atoms with Gasteiger partial charge in [-0.15, -0.1) is 48.0 Å². The number of para-hydroxylation sites is 2. The summed E-state index contributed by atoms with van der Waals surface area (Å²) in [7, 11) is 0. The molecule has 2 aromatic heterocycles. The van der Waals surface area contributed by atoms with Crippen LogP contribution in [0, 0.1) is 23.8 Å². The van der Waals surface area contributed by atoms with Crippen LogP contribution in [0.1, 0.15) is 50.7 Å². The Kier molecular flexibility index (Phi) is 12.1. The van der Waals surface area contributed by atoms with Crippen LogP contribution in [-0.4, -0.2) is 14.5 Å². The van der Waals surface area contributed by atoms with Crippen LogP contribution in [0.25, 0.3) is 61.6 Å². The number of aromatic nitrogens is 3. The summed E-state index contributed by atoms with van der Waals surface area (Å²) in [5.74, 6) is 0.302. The van der Waals surface area contributed by atoms with E-state index in [9.17, 15) is 8.78 Å². The molecule has 3 nitrogen and oxygen atoms in total. The van der Waals surface area contributed by atoms with E-state index in [0.29, 0.717) is 17.5 Å². The van der Waals surface area contributed by atoms with Crippen molar-refractivity contribution in [3.63, 3.8) is 0 Å². The molecule has 6 heteroatoms. The molecule has 0 saturated heterocycles. The molecule has 0 aliphatic rings. The topological polar surface area (TPSA) is 30.7 Å². The SMILES string of the molecule is CC(C)c1cc(-c2ccc(-c3ccccc3)cc2)cc(C(C)C)c1-n1c(-c2[c-]cccc2)nc2ccccc21.Fc1c[c-]c(-c2ccccn2)c(F)c1.[Ir]. The van der Waals surface area contributed by atoms with Crippen LogP contribution in [0.4, 0.5) is 8.78 Å². The molecule has 0 amide bonds. The Morgan fingerprint density at radius 3 is 1.83 bits per heavy atom. The molecule has 0 spiro atoms. The molecule has 0 aliphatic carbocycles. The summed E-state index contributed by atoms with van der Waals surface area (Å²) in [6.07, 6.45) is 1.55. The van der Waals surface area contributed by atoms with E-state index in [2.05, 4.69) is 153 Å². The third kappa shape index (κ3) is 8.16. The van der Waals surface area contributed by atoms with E-state index >= 15 is 0 Å². The van der Waals surface area contributed by atoms with E-state index in [1.165, 1.54) is 39.1 Å². The Morgan fingerprint density at radius 2 is 1.22 bits per heavy atom. The van der Waals surface area contributed by atoms with E-state index in [0.717, 1.165) is 34.6 Å². The molecule has 8 rings (SSSR count). The summed E-state index contributed by atoms with van der Waals surface area (Å²) >= 11 is 0. The number of imidazole rings is 1. The zero-order valence-corrected chi connectivity index (χ0v) is 32.9. The van der Waals surface area contributed by atoms with Crippen molar-refractivity contribution in [2.24, 2.45) is 0 Å². The predicted octanol–water partition coefficient (Wildman–Crippen LogP) is 12.9. The standard InChI is InChI=1S/C37H33N2.C11H6F2N.Ir/c1-25(2)32-23-31(29-21-19-28(20-22-29)27-13-7-5-8-14-27)24-33(26(3)4)36(32)39-35-18-12-11-17-34(35)38-37(39)30-15-9-6-10-16-30;12-8-4-5-9(10(13)7-8)11-3-1-2-6-14-11;/h5-15,17-26H,1-4H3;1-4,6-7H;/q2*-1;. The molecule has 8 aromatic rings. The number of hydrogen-bond donors (Lipinski definition) is 0. The zero-order chi connectivity index (χ0) is 36.9. The number of fused-ring (bicyclic) bond motifs is 1. The molecule has 0 bridgehead atoms. The first kappa shape index (κ1) is 38.2. The fourth-order valence-corrected chi connectivity index (χ4v) is 6.59. The maximum absolute atomic E-state index is 13.2. The van der Waals surface area contributed by atoms with Gasteiger partial charge in [-0.05, 0) is 81.2 Å². The normalized spacial score (nSPS) is 11.0. The van der Waals surface area contributed by atoms with Crippen molar-refractivity contribution in [1.82, 2.24) is 14.5 Å². The number of rotatable bonds is 7. The first-order chi connectivity index (χ1) is 25.8. The van der Waals surface area contributed by atoms with Crippen LogP contribution in [0.2, 0.25) is 0 Å². The van der Waals surface area contributed by atoms with Gasteiger partial charge in [0.1, 0.15) is 0 Å². The Morgan fingerprint density at radius 1 is 0.611 bits per heavy atom. The molecule has 271 valence electrons. The average Bonchev–Trinajstić information content (AvgIpc) is 3.58. The van der Waals surface area contributed by atoms with Crippen molar-refractivity contribution < 1.29 is 28.9 Å². The molecular weight excluding hydrogens is 849 g/mol. The number of halogens is 2. The van der Waals surface area contributed by atoms with Gasteiger partial charge in [-0.25, -0.2) is 0 Å². The van der Waals surface area contributed by atoms with Crippen molar-refractivity contribution >= 4 is 11.0 Å². The number of pyridine rings is 1. The van der Waals surface area contributed by atoms with E-state index in [4.69, 9.17) is 4.98 Å². The summed E-state index contributed by atoms with van der Waals surface area (Å²) in [5, 5.41) is 0. The molecule has 0 fully saturated rings. The second-order valence-corrected chi connectivity index (χ2v) is 13.5. The van der Waals surface area contributed by atoms with Crippen molar-refractivity contribution in [2.45, 2.75) is 39.5 Å². The molecule has 6 aromatic carbocycles. The largest absolute Gasteiger partial charge is 0.333 e. The summed E-state index contributed by atoms with van der Waals surface area (Å²) in [6.45, 7) is 9.16. The predicted molar refractivity (Wildman–Crippen MR) is 213 cm³/mol. The molecule has 0 saturated carbocycles. The first-order valence-electron chi connectivity index (χ1n) is 17.8. The minimum absolute atomic E-state index is 0. The fourth-order valence-electron chi connectivity index (χ4n) is 6.59. The summed E-state index contributed by atoms with van der Waals surface area (Å²) in [6, 6.07) is 53.8. The van der Waals surface area contributed by atoms with Crippen molar-refractivity contribution in [2.75, 3.05) is 0 Å². The van der Waals surface area contributed by atoms with Gasteiger partial charge in [-0.1, -0.05) is 118 Å². The Hall–Kier alpha value is -5.55. The van der Waals surface area contributed by atoms with Crippen LogP contribution in [0.15, 0.2) is 152 Å². The van der Waals surface area contributed by atoms with E-state index in [1.54, 1.807) is 24.4 Å². The van der Waals surface area contributed by atoms with Gasteiger partial charge in [0.2, 0.25) is 0 Å². The van der Waals surface area contributed by atoms with Crippen LogP contribution in [0.3, 0.4) is 0 Å². The van der Waals surface area contributed by atoms with E-state index in [-0.39, 0.29) is 25.7 Å². The van der Waals surface area contributed by atoms with E-state index < -0.39 is 11.6 Å². The number of nitrogens with zero attached hydrogens (tertiary/aromatic N) is 3. The van der Waals surface area contributed by atoms with Gasteiger partial charge < -0.3 is 9.55 Å². The van der Waals surface area contributed by atoms with Gasteiger partial charge in [0.15, 0.2) is 0 Å². The van der Waals surface area contributed by atoms with E-state index in [1.807, 2.05) is 12.1 Å². The smallest absolute Gasteiger partial charge is 0.0774 e. The number of hydrogen-bond acceptors (Lipinski definition) is 2. The van der Waals surface area contributed by atoms with Crippen molar-refractivity contribution in [3.05, 3.63) is 187 Å². The van der Waals surface area contributed by atoms with Crippen LogP contribution in [-0.2, 0) is 20.1 Å². The average molecular weight is 888 g/mol. The second-order valence-electron chi connectivity index (χ2n) is 13.5. The minimum Gasteiger partial charge on any atom is -0.333 e. The van der Waals surface area contributed by atoms with Gasteiger partial charge in [0.05, 0.1) is 16.9 Å². The van der Waals surface area contributed by atoms with Crippen LogP contribution < -0.4 is 0 Å². The second kappa shape index (κ2) is 17.1. The molecule has 0 N–H and O–H groups in total. The Labute approximate surface area is 329 Å². The molecule has 54 heavy (non-hydrogen) atoms. The van der Waals surface area contributed by atoms with Crippen LogP contribution in [0.5, 0.6) is 0 Å². The van der Waals surface area contributed by atoms with Gasteiger partial charge in [0, 0.05) is 43.6 Å². The van der Waals surface area contributed by atoms with Crippen LogP contribution >= 0.6 is 0 Å². The maximum Gasteiger partial charge on any atom is 0.0774 e. The zero-order valence-electron chi connectivity index (χ0n) is 30.5. The summed E-state index contributed by atoms with van der Waals surface area (Å²) < 4.78 is 28.2. The maximum atomic E-state index is 13.2. The fraction of sp³-hybridized carbons (Fsp3) is 0.125. The Bertz CT molecular complexity index is 2430. The molecule has 2 heterocycles. The van der Waals surface area contributed by atoms with Gasteiger partial charge in [-0.3, -0.25) is 13.8 Å². The third-order valence-electron chi connectivity index (χ3n) is 9.25. The minimum atomic E-state index is -0.649. The first-order valence-corrected chi connectivity index (χ1v) is 17.8. The summed E-state index contributed by atoms with van der Waals surface area (Å²) in [5.41, 5.74) is 12.6. The van der Waals surface area contributed by atoms with Gasteiger partial charge in [-0.2, -0.15) is 0 Å². The molecular formula is C48H39F2IrN3-2. The van der Waals surface area contributed by atoms with Crippen molar-refractivity contribution in [3.8, 4) is 50.6 Å². The third-order valence-corrected chi connectivity index (χ3v) is 9.25. The van der Waals surface area contributed by atoms with Gasteiger partial charge in [0.25, 0.3) is 0 Å². The van der Waals surface area contributed by atoms with Gasteiger partial charge >= 0.3 is 0 Å².